The van der Waals surface area contributed by atoms with Gasteiger partial charge in [0.25, 0.3) is 11.5 Å². The second-order valence-corrected chi connectivity index (χ2v) is 10.2. The zero-order valence-corrected chi connectivity index (χ0v) is 21.7. The van der Waals surface area contributed by atoms with Crippen molar-refractivity contribution in [3.05, 3.63) is 75.2 Å². The molecule has 9 heteroatoms. The first-order valence-corrected chi connectivity index (χ1v) is 13.0. The standard InChI is InChI=1S/C28H32N4O4.ClH/c1-2-24-23-11-18(27(34)32-20-8-9-21(32)16-36-15-20)7-10-22(23)28(35)31(30-24)14-26(33)25-12-17-5-3-4-6-19(17)13-29-25;/h3-7,10-11,20-21,25-26,29,33H,2,8-9,12-16H2,1H3;1H. The largest absolute Gasteiger partial charge is 0.390 e. The first kappa shape index (κ1) is 25.9. The molecule has 37 heavy (non-hydrogen) atoms. The minimum Gasteiger partial charge on any atom is -0.390 e. The van der Waals surface area contributed by atoms with E-state index in [4.69, 9.17) is 4.74 Å². The average molecular weight is 525 g/mol. The zero-order chi connectivity index (χ0) is 24.8. The molecule has 0 saturated carbocycles. The lowest BCUT2D eigenvalue weighted by Gasteiger charge is -2.34. The van der Waals surface area contributed by atoms with E-state index in [0.717, 1.165) is 18.5 Å². The molecule has 2 N–H and O–H groups in total. The minimum absolute atomic E-state index is 0. The fourth-order valence-electron chi connectivity index (χ4n) is 6.04. The number of amides is 1. The fraction of sp³-hybridized carbons (Fsp3) is 0.464. The smallest absolute Gasteiger partial charge is 0.274 e. The molecule has 2 bridgehead atoms. The Kier molecular flexibility index (Phi) is 7.36. The number of rotatable bonds is 5. The number of aromatic nitrogens is 2. The van der Waals surface area contributed by atoms with Crippen molar-refractivity contribution in [2.24, 2.45) is 0 Å². The van der Waals surface area contributed by atoms with Gasteiger partial charge in [0, 0.05) is 23.5 Å². The van der Waals surface area contributed by atoms with E-state index in [2.05, 4.69) is 22.5 Å². The van der Waals surface area contributed by atoms with Crippen molar-refractivity contribution in [3.8, 4) is 0 Å². The SMILES string of the molecule is CCc1nn(CC(O)C2Cc3ccccc3CN2)c(=O)c2ccc(C(=O)N3C4CCC3COC4)cc12.Cl. The van der Waals surface area contributed by atoms with Gasteiger partial charge in [-0.25, -0.2) is 4.68 Å². The van der Waals surface area contributed by atoms with Crippen LogP contribution in [-0.2, 0) is 30.7 Å². The molecule has 0 radical (unpaired) electrons. The maximum absolute atomic E-state index is 13.4. The van der Waals surface area contributed by atoms with Crippen LogP contribution in [0.15, 0.2) is 47.3 Å². The number of ether oxygens (including phenoxy) is 1. The Morgan fingerprint density at radius 1 is 1.14 bits per heavy atom. The molecule has 2 aromatic carbocycles. The molecule has 1 amide bonds. The van der Waals surface area contributed by atoms with Crippen LogP contribution < -0.4 is 10.9 Å². The first-order valence-electron chi connectivity index (χ1n) is 13.0. The number of carbonyl (C=O) groups excluding carboxylic acids is 1. The highest BCUT2D eigenvalue weighted by Gasteiger charge is 2.40. The van der Waals surface area contributed by atoms with E-state index >= 15 is 0 Å². The maximum Gasteiger partial charge on any atom is 0.274 e. The van der Waals surface area contributed by atoms with Crippen LogP contribution in [0.1, 0.15) is 46.9 Å². The van der Waals surface area contributed by atoms with Gasteiger partial charge < -0.3 is 20.1 Å². The van der Waals surface area contributed by atoms with Crippen LogP contribution in [0.25, 0.3) is 10.8 Å². The van der Waals surface area contributed by atoms with Crippen molar-refractivity contribution in [1.29, 1.82) is 0 Å². The van der Waals surface area contributed by atoms with Crippen LogP contribution in [0.3, 0.4) is 0 Å². The van der Waals surface area contributed by atoms with E-state index in [-0.39, 0.29) is 48.5 Å². The van der Waals surface area contributed by atoms with Crippen molar-refractivity contribution in [2.45, 2.75) is 69.9 Å². The lowest BCUT2D eigenvalue weighted by molar-refractivity contribution is -0.00714. The summed E-state index contributed by atoms with van der Waals surface area (Å²) >= 11 is 0. The van der Waals surface area contributed by atoms with Gasteiger partial charge in [-0.05, 0) is 55.0 Å². The molecule has 196 valence electrons. The van der Waals surface area contributed by atoms with Crippen molar-refractivity contribution in [2.75, 3.05) is 13.2 Å². The minimum atomic E-state index is -0.761. The Hall–Kier alpha value is -2.78. The Morgan fingerprint density at radius 2 is 1.86 bits per heavy atom. The molecule has 6 rings (SSSR count). The molecule has 3 aromatic rings. The number of hydrogen-bond donors (Lipinski definition) is 2. The topological polar surface area (TPSA) is 96.7 Å². The second kappa shape index (κ2) is 10.5. The van der Waals surface area contributed by atoms with Gasteiger partial charge in [0.2, 0.25) is 0 Å². The summed E-state index contributed by atoms with van der Waals surface area (Å²) in [7, 11) is 0. The highest BCUT2D eigenvalue weighted by Crippen LogP contribution is 2.31. The predicted molar refractivity (Wildman–Crippen MR) is 143 cm³/mol. The number of hydrogen-bond acceptors (Lipinski definition) is 6. The Balaban J connectivity index is 0.00000280. The van der Waals surface area contributed by atoms with Gasteiger partial charge in [-0.3, -0.25) is 9.59 Å². The van der Waals surface area contributed by atoms with Gasteiger partial charge in [-0.2, -0.15) is 5.10 Å². The van der Waals surface area contributed by atoms with Gasteiger partial charge in [0.15, 0.2) is 0 Å². The summed E-state index contributed by atoms with van der Waals surface area (Å²) in [5.41, 5.74) is 3.55. The van der Waals surface area contributed by atoms with Gasteiger partial charge >= 0.3 is 0 Å². The summed E-state index contributed by atoms with van der Waals surface area (Å²) < 4.78 is 7.01. The number of aryl methyl sites for hydroxylation is 1. The summed E-state index contributed by atoms with van der Waals surface area (Å²) in [6, 6.07) is 13.6. The lowest BCUT2D eigenvalue weighted by atomic mass is 9.93. The van der Waals surface area contributed by atoms with Crippen LogP contribution in [0, 0.1) is 0 Å². The van der Waals surface area contributed by atoms with Crippen LogP contribution in [0.4, 0.5) is 0 Å². The van der Waals surface area contributed by atoms with Gasteiger partial charge in [0.1, 0.15) is 0 Å². The number of aliphatic hydroxyl groups is 1. The Labute approximate surface area is 222 Å². The lowest BCUT2D eigenvalue weighted by Crippen LogP contribution is -2.49. The van der Waals surface area contributed by atoms with Crippen molar-refractivity contribution in [1.82, 2.24) is 20.0 Å². The molecule has 2 fully saturated rings. The first-order chi connectivity index (χ1) is 17.5. The molecule has 4 unspecified atom stereocenters. The van der Waals surface area contributed by atoms with Crippen molar-refractivity contribution in [3.63, 3.8) is 0 Å². The highest BCUT2D eigenvalue weighted by molar-refractivity contribution is 5.99. The normalized spacial score (nSPS) is 23.4. The van der Waals surface area contributed by atoms with Gasteiger partial charge in [-0.1, -0.05) is 31.2 Å². The van der Waals surface area contributed by atoms with E-state index in [1.165, 1.54) is 15.8 Å². The molecular formula is C28H33ClN4O4. The predicted octanol–water partition coefficient (Wildman–Crippen LogP) is 2.46. The summed E-state index contributed by atoms with van der Waals surface area (Å²) in [5.74, 6) is -0.00184. The van der Waals surface area contributed by atoms with E-state index in [1.807, 2.05) is 30.0 Å². The molecule has 1 aromatic heterocycles. The number of nitrogens with zero attached hydrogens (tertiary/aromatic N) is 3. The van der Waals surface area contributed by atoms with Crippen molar-refractivity contribution < 1.29 is 14.6 Å². The van der Waals surface area contributed by atoms with E-state index in [1.54, 1.807) is 12.1 Å². The summed E-state index contributed by atoms with van der Waals surface area (Å²) in [4.78, 5) is 28.7. The second-order valence-electron chi connectivity index (χ2n) is 10.2. The van der Waals surface area contributed by atoms with E-state index < -0.39 is 6.10 Å². The number of morpholine rings is 1. The maximum atomic E-state index is 13.4. The molecule has 8 nitrogen and oxygen atoms in total. The van der Waals surface area contributed by atoms with E-state index in [9.17, 15) is 14.7 Å². The number of aliphatic hydroxyl groups excluding tert-OH is 1. The summed E-state index contributed by atoms with van der Waals surface area (Å²) in [6.07, 6.45) is 2.50. The van der Waals surface area contributed by atoms with Gasteiger partial charge in [0.05, 0.1) is 49.0 Å². The molecule has 0 spiro atoms. The average Bonchev–Trinajstić information content (AvgIpc) is 3.16. The third-order valence-electron chi connectivity index (χ3n) is 8.03. The number of halogens is 1. The molecule has 3 aliphatic rings. The molecule has 0 aliphatic carbocycles. The number of benzene rings is 2. The molecule has 4 heterocycles. The van der Waals surface area contributed by atoms with Crippen LogP contribution >= 0.6 is 12.4 Å². The summed E-state index contributed by atoms with van der Waals surface area (Å²) in [6.45, 7) is 3.97. The third kappa shape index (κ3) is 4.68. The molecule has 2 saturated heterocycles. The quantitative estimate of drug-likeness (QED) is 0.532. The number of nitrogens with one attached hydrogen (secondary N) is 1. The summed E-state index contributed by atoms with van der Waals surface area (Å²) in [5, 5.41) is 20.3. The number of carbonyl (C=O) groups is 1. The van der Waals surface area contributed by atoms with Gasteiger partial charge in [-0.15, -0.1) is 12.4 Å². The highest BCUT2D eigenvalue weighted by atomic mass is 35.5. The van der Waals surface area contributed by atoms with Crippen LogP contribution in [0.5, 0.6) is 0 Å². The monoisotopic (exact) mass is 524 g/mol. The Bertz CT molecular complexity index is 1360. The third-order valence-corrected chi connectivity index (χ3v) is 8.03. The zero-order valence-electron chi connectivity index (χ0n) is 20.9. The van der Waals surface area contributed by atoms with Crippen LogP contribution in [0.2, 0.25) is 0 Å². The number of fused-ring (bicyclic) bond motifs is 4. The molecular weight excluding hydrogens is 492 g/mol. The van der Waals surface area contributed by atoms with Crippen molar-refractivity contribution >= 4 is 29.1 Å². The Morgan fingerprint density at radius 3 is 2.59 bits per heavy atom. The van der Waals surface area contributed by atoms with E-state index in [0.29, 0.717) is 48.9 Å². The molecule has 4 atom stereocenters. The fourth-order valence-corrected chi connectivity index (χ4v) is 6.04. The molecule has 3 aliphatic heterocycles. The van der Waals surface area contributed by atoms with Crippen LogP contribution in [-0.4, -0.2) is 63.1 Å².